The molecule has 9 heteroatoms. The van der Waals surface area contributed by atoms with Crippen molar-refractivity contribution < 1.29 is 18.7 Å². The summed E-state index contributed by atoms with van der Waals surface area (Å²) in [7, 11) is 4.66. The van der Waals surface area contributed by atoms with E-state index in [0.717, 1.165) is 10.6 Å². The van der Waals surface area contributed by atoms with Gasteiger partial charge in [0.15, 0.2) is 17.2 Å². The molecule has 0 spiro atoms. The van der Waals surface area contributed by atoms with Crippen molar-refractivity contribution in [2.45, 2.75) is 0 Å². The molecule has 0 unspecified atom stereocenters. The van der Waals surface area contributed by atoms with E-state index >= 15 is 0 Å². The lowest BCUT2D eigenvalue weighted by molar-refractivity contribution is 0.324. The van der Waals surface area contributed by atoms with Crippen LogP contribution < -0.4 is 14.2 Å². The Kier molecular flexibility index (Phi) is 4.51. The maximum atomic E-state index is 5.39. The molecule has 1 aromatic carbocycles. The van der Waals surface area contributed by atoms with E-state index in [1.165, 1.54) is 0 Å². The number of aromatic amines is 1. The van der Waals surface area contributed by atoms with Gasteiger partial charge < -0.3 is 18.7 Å². The first-order chi connectivity index (χ1) is 13.2. The molecule has 4 rings (SSSR count). The number of nitrogens with zero attached hydrogens (tertiary/aromatic N) is 3. The van der Waals surface area contributed by atoms with Crippen LogP contribution in [0.2, 0.25) is 0 Å². The molecule has 0 aliphatic carbocycles. The van der Waals surface area contributed by atoms with Crippen molar-refractivity contribution in [3.63, 3.8) is 0 Å². The average molecular weight is 384 g/mol. The molecular weight excluding hydrogens is 368 g/mol. The fourth-order valence-electron chi connectivity index (χ4n) is 2.64. The van der Waals surface area contributed by atoms with Crippen LogP contribution in [0.4, 0.5) is 0 Å². The van der Waals surface area contributed by atoms with Gasteiger partial charge in [0.2, 0.25) is 11.6 Å². The van der Waals surface area contributed by atoms with Gasteiger partial charge in [0.25, 0.3) is 5.89 Å². The van der Waals surface area contributed by atoms with E-state index in [1.54, 1.807) is 44.8 Å². The Bertz CT molecular complexity index is 1030. The second-order valence-corrected chi connectivity index (χ2v) is 6.43. The molecular formula is C18H16N4O4S. The van der Waals surface area contributed by atoms with Gasteiger partial charge in [-0.2, -0.15) is 10.1 Å². The zero-order valence-corrected chi connectivity index (χ0v) is 15.7. The zero-order chi connectivity index (χ0) is 18.8. The highest BCUT2D eigenvalue weighted by Gasteiger charge is 2.19. The Morgan fingerprint density at radius 2 is 1.81 bits per heavy atom. The number of nitrogens with one attached hydrogen (secondary N) is 1. The molecule has 0 fully saturated rings. The predicted molar refractivity (Wildman–Crippen MR) is 100 cm³/mol. The fraction of sp³-hybridized carbons (Fsp3) is 0.167. The Labute approximate surface area is 158 Å². The second kappa shape index (κ2) is 7.12. The SMILES string of the molecule is COc1cc(-c2noc(-c3cc(-c4cccs4)[nH]n3)n2)cc(OC)c1OC. The van der Waals surface area contributed by atoms with Gasteiger partial charge in [0.1, 0.15) is 0 Å². The first-order valence-electron chi connectivity index (χ1n) is 7.97. The van der Waals surface area contributed by atoms with E-state index in [9.17, 15) is 0 Å². The van der Waals surface area contributed by atoms with E-state index in [0.29, 0.717) is 40.2 Å². The molecule has 0 aliphatic heterocycles. The van der Waals surface area contributed by atoms with Crippen molar-refractivity contribution in [2.75, 3.05) is 21.3 Å². The summed E-state index contributed by atoms with van der Waals surface area (Å²) < 4.78 is 21.5. The minimum absolute atomic E-state index is 0.317. The van der Waals surface area contributed by atoms with Gasteiger partial charge in [-0.3, -0.25) is 5.10 Å². The van der Waals surface area contributed by atoms with Crippen LogP contribution in [-0.4, -0.2) is 41.7 Å². The van der Waals surface area contributed by atoms with E-state index in [-0.39, 0.29) is 0 Å². The monoisotopic (exact) mass is 384 g/mol. The molecule has 27 heavy (non-hydrogen) atoms. The van der Waals surface area contributed by atoms with E-state index in [4.69, 9.17) is 18.7 Å². The van der Waals surface area contributed by atoms with E-state index < -0.39 is 0 Å². The quantitative estimate of drug-likeness (QED) is 0.539. The third-order valence-electron chi connectivity index (χ3n) is 3.93. The molecule has 3 aromatic heterocycles. The Hall–Kier alpha value is -3.33. The minimum atomic E-state index is 0.317. The molecule has 0 amide bonds. The number of thiophene rings is 1. The number of ether oxygens (including phenoxy) is 3. The highest BCUT2D eigenvalue weighted by atomic mass is 32.1. The van der Waals surface area contributed by atoms with Crippen LogP contribution in [-0.2, 0) is 0 Å². The zero-order valence-electron chi connectivity index (χ0n) is 14.8. The third kappa shape index (κ3) is 3.13. The van der Waals surface area contributed by atoms with Crippen LogP contribution in [0.15, 0.2) is 40.2 Å². The number of aromatic nitrogens is 4. The molecule has 3 heterocycles. The summed E-state index contributed by atoms with van der Waals surface area (Å²) in [6.07, 6.45) is 0. The Morgan fingerprint density at radius 3 is 2.44 bits per heavy atom. The summed E-state index contributed by atoms with van der Waals surface area (Å²) in [6.45, 7) is 0. The first kappa shape index (κ1) is 17.1. The predicted octanol–water partition coefficient (Wildman–Crippen LogP) is 3.88. The normalized spacial score (nSPS) is 10.8. The summed E-state index contributed by atoms with van der Waals surface area (Å²) >= 11 is 1.62. The number of benzene rings is 1. The molecule has 8 nitrogen and oxygen atoms in total. The van der Waals surface area contributed by atoms with Gasteiger partial charge in [-0.1, -0.05) is 11.2 Å². The van der Waals surface area contributed by atoms with E-state index in [1.807, 2.05) is 23.6 Å². The van der Waals surface area contributed by atoms with Crippen LogP contribution in [0.5, 0.6) is 17.2 Å². The maximum Gasteiger partial charge on any atom is 0.278 e. The molecule has 0 saturated heterocycles. The molecule has 0 bridgehead atoms. The Morgan fingerprint density at radius 1 is 1.04 bits per heavy atom. The molecule has 0 atom stereocenters. The lowest BCUT2D eigenvalue weighted by Crippen LogP contribution is -1.96. The van der Waals surface area contributed by atoms with Crippen molar-refractivity contribution >= 4 is 11.3 Å². The van der Waals surface area contributed by atoms with Gasteiger partial charge in [-0.05, 0) is 29.6 Å². The van der Waals surface area contributed by atoms with E-state index in [2.05, 4.69) is 20.3 Å². The molecule has 138 valence electrons. The van der Waals surface area contributed by atoms with Crippen molar-refractivity contribution in [1.29, 1.82) is 0 Å². The highest BCUT2D eigenvalue weighted by molar-refractivity contribution is 7.13. The minimum Gasteiger partial charge on any atom is -0.493 e. The topological polar surface area (TPSA) is 95.3 Å². The van der Waals surface area contributed by atoms with Gasteiger partial charge in [0.05, 0.1) is 31.9 Å². The summed E-state index contributed by atoms with van der Waals surface area (Å²) in [6, 6.07) is 9.39. The van der Waals surface area contributed by atoms with Crippen LogP contribution in [0, 0.1) is 0 Å². The Balaban J connectivity index is 1.69. The van der Waals surface area contributed by atoms with Crippen molar-refractivity contribution in [1.82, 2.24) is 20.3 Å². The summed E-state index contributed by atoms with van der Waals surface area (Å²) in [5.41, 5.74) is 2.14. The summed E-state index contributed by atoms with van der Waals surface area (Å²) in [5, 5.41) is 13.3. The van der Waals surface area contributed by atoms with Gasteiger partial charge in [-0.25, -0.2) is 0 Å². The maximum absolute atomic E-state index is 5.39. The number of H-pyrrole nitrogens is 1. The van der Waals surface area contributed by atoms with Crippen LogP contribution >= 0.6 is 11.3 Å². The van der Waals surface area contributed by atoms with Gasteiger partial charge in [-0.15, -0.1) is 11.3 Å². The van der Waals surface area contributed by atoms with Gasteiger partial charge >= 0.3 is 0 Å². The lowest BCUT2D eigenvalue weighted by atomic mass is 10.1. The number of rotatable bonds is 6. The van der Waals surface area contributed by atoms with Crippen LogP contribution in [0.25, 0.3) is 33.5 Å². The van der Waals surface area contributed by atoms with Crippen molar-refractivity contribution in [2.24, 2.45) is 0 Å². The smallest absolute Gasteiger partial charge is 0.278 e. The molecule has 1 N–H and O–H groups in total. The largest absolute Gasteiger partial charge is 0.493 e. The number of hydrogen-bond acceptors (Lipinski definition) is 8. The number of hydrogen-bond donors (Lipinski definition) is 1. The fourth-order valence-corrected chi connectivity index (χ4v) is 3.34. The van der Waals surface area contributed by atoms with Crippen molar-refractivity contribution in [3.05, 3.63) is 35.7 Å². The highest BCUT2D eigenvalue weighted by Crippen LogP contribution is 2.40. The standard InChI is InChI=1S/C18H16N4O4S/c1-23-13-7-10(8-14(24-2)16(13)25-3)17-19-18(26-22-17)12-9-11(20-21-12)15-5-4-6-27-15/h4-9H,1-3H3,(H,20,21). The molecule has 0 radical (unpaired) electrons. The average Bonchev–Trinajstić information content (AvgIpc) is 3.46. The lowest BCUT2D eigenvalue weighted by Gasteiger charge is -2.12. The first-order valence-corrected chi connectivity index (χ1v) is 8.85. The van der Waals surface area contributed by atoms with Crippen molar-refractivity contribution in [3.8, 4) is 50.8 Å². The molecule has 4 aromatic rings. The van der Waals surface area contributed by atoms with Crippen LogP contribution in [0.1, 0.15) is 0 Å². The summed E-state index contributed by atoms with van der Waals surface area (Å²) in [4.78, 5) is 5.52. The summed E-state index contributed by atoms with van der Waals surface area (Å²) in [5.74, 6) is 2.24. The second-order valence-electron chi connectivity index (χ2n) is 5.48. The number of methoxy groups -OCH3 is 3. The van der Waals surface area contributed by atoms with Gasteiger partial charge in [0, 0.05) is 5.56 Å². The molecule has 0 saturated carbocycles. The molecule has 0 aliphatic rings. The third-order valence-corrected chi connectivity index (χ3v) is 4.84. The van der Waals surface area contributed by atoms with Crippen LogP contribution in [0.3, 0.4) is 0 Å².